The minimum atomic E-state index is -6.22. The Morgan fingerprint density at radius 2 is 1.39 bits per heavy atom. The maximum atomic E-state index is 12.3. The van der Waals surface area contributed by atoms with Gasteiger partial charge in [-0.2, -0.15) is 26.3 Å². The Hall–Kier alpha value is -0.990. The van der Waals surface area contributed by atoms with Gasteiger partial charge in [0, 0.05) is 0 Å². The fourth-order valence-electron chi connectivity index (χ4n) is 0.789. The second kappa shape index (κ2) is 4.60. The zero-order chi connectivity index (χ0) is 15.0. The number of carbonyl (C=O) groups excluding carboxylic acids is 1. The monoisotopic (exact) mass is 282 g/mol. The third kappa shape index (κ3) is 3.06. The summed E-state index contributed by atoms with van der Waals surface area (Å²) in [7, 11) is 0. The lowest BCUT2D eigenvalue weighted by molar-refractivity contribution is -0.359. The Labute approximate surface area is 98.7 Å². The molecule has 0 heterocycles. The van der Waals surface area contributed by atoms with Crippen molar-refractivity contribution in [2.45, 2.75) is 50.7 Å². The summed E-state index contributed by atoms with van der Waals surface area (Å²) < 4.78 is 77.6. The Morgan fingerprint density at radius 1 is 1.06 bits per heavy atom. The fraction of sp³-hybridized carbons (Fsp3) is 0.889. The average Bonchev–Trinajstić information content (AvgIpc) is 2.12. The lowest BCUT2D eigenvalue weighted by Gasteiger charge is -2.33. The Morgan fingerprint density at radius 3 is 1.61 bits per heavy atom. The largest absolute Gasteiger partial charge is 0.457 e. The molecule has 0 spiro atoms. The van der Waals surface area contributed by atoms with E-state index in [1.54, 1.807) is 0 Å². The van der Waals surface area contributed by atoms with Crippen molar-refractivity contribution < 1.29 is 41.0 Å². The average molecular weight is 282 g/mol. The zero-order valence-electron chi connectivity index (χ0n) is 9.74. The summed E-state index contributed by atoms with van der Waals surface area (Å²) in [5.74, 6) is -2.78. The number of esters is 1. The second-order valence-electron chi connectivity index (χ2n) is 4.21. The van der Waals surface area contributed by atoms with Gasteiger partial charge in [-0.3, -0.25) is 0 Å². The molecule has 0 rings (SSSR count). The highest BCUT2D eigenvalue weighted by molar-refractivity contribution is 5.82. The van der Waals surface area contributed by atoms with Gasteiger partial charge in [0.25, 0.3) is 0 Å². The van der Waals surface area contributed by atoms with Crippen LogP contribution in [0.3, 0.4) is 0 Å². The number of alkyl halides is 6. The van der Waals surface area contributed by atoms with Gasteiger partial charge in [0.2, 0.25) is 0 Å². The Balaban J connectivity index is 5.47. The lowest BCUT2D eigenvalue weighted by Crippen LogP contribution is -2.63. The van der Waals surface area contributed by atoms with Crippen molar-refractivity contribution in [3.8, 4) is 0 Å². The second-order valence-corrected chi connectivity index (χ2v) is 4.21. The number of carbonyl (C=O) groups is 1. The fourth-order valence-corrected chi connectivity index (χ4v) is 0.789. The van der Waals surface area contributed by atoms with Gasteiger partial charge in [-0.25, -0.2) is 4.79 Å². The maximum absolute atomic E-state index is 12.3. The molecule has 0 unspecified atom stereocenters. The lowest BCUT2D eigenvalue weighted by atomic mass is 10.0. The van der Waals surface area contributed by atoms with Gasteiger partial charge >= 0.3 is 23.9 Å². The van der Waals surface area contributed by atoms with E-state index in [1.165, 1.54) is 6.92 Å². The highest BCUT2D eigenvalue weighted by Gasteiger charge is 2.77. The van der Waals surface area contributed by atoms with E-state index in [4.69, 9.17) is 5.11 Å². The summed E-state index contributed by atoms with van der Waals surface area (Å²) in [6.45, 7) is 3.64. The highest BCUT2D eigenvalue weighted by Crippen LogP contribution is 2.44. The summed E-state index contributed by atoms with van der Waals surface area (Å²) in [5.41, 5.74) is -7.08. The molecular formula is C9H12F6O3. The molecule has 0 saturated heterocycles. The smallest absolute Gasteiger partial charge is 0.437 e. The number of rotatable bonds is 3. The summed E-state index contributed by atoms with van der Waals surface area (Å²) in [6, 6.07) is 0. The number of halogens is 6. The molecule has 0 amide bonds. The molecule has 0 aromatic heterocycles. The molecule has 18 heavy (non-hydrogen) atoms. The molecule has 108 valence electrons. The standard InChI is InChI=1S/C9H12F6O3/c1-4-6(2,3)18-5(16)7(17,8(10,11)12)9(13,14)15/h17H,4H2,1-3H3. The minimum absolute atomic E-state index is 0.0233. The topological polar surface area (TPSA) is 46.5 Å². The van der Waals surface area contributed by atoms with Crippen LogP contribution in [0.4, 0.5) is 26.3 Å². The van der Waals surface area contributed by atoms with Gasteiger partial charge in [0.05, 0.1) is 0 Å². The number of hydrogen-bond acceptors (Lipinski definition) is 3. The van der Waals surface area contributed by atoms with E-state index in [0.717, 1.165) is 13.8 Å². The molecule has 0 bridgehead atoms. The highest BCUT2D eigenvalue weighted by atomic mass is 19.4. The molecule has 0 atom stereocenters. The van der Waals surface area contributed by atoms with Gasteiger partial charge in [0.1, 0.15) is 5.60 Å². The van der Waals surface area contributed by atoms with Crippen LogP contribution >= 0.6 is 0 Å². The molecule has 3 nitrogen and oxygen atoms in total. The molecule has 0 aliphatic carbocycles. The van der Waals surface area contributed by atoms with Gasteiger partial charge < -0.3 is 9.84 Å². The normalized spacial score (nSPS) is 14.6. The van der Waals surface area contributed by atoms with Crippen molar-refractivity contribution in [3.05, 3.63) is 0 Å². The van der Waals surface area contributed by atoms with Crippen LogP contribution in [0.15, 0.2) is 0 Å². The molecule has 0 aliphatic heterocycles. The summed E-state index contributed by atoms with van der Waals surface area (Å²) in [5, 5.41) is 8.69. The molecule has 0 aliphatic rings. The summed E-state index contributed by atoms with van der Waals surface area (Å²) in [6.07, 6.45) is -12.5. The molecule has 0 radical (unpaired) electrons. The van der Waals surface area contributed by atoms with E-state index in [1.807, 2.05) is 0 Å². The molecular weight excluding hydrogens is 270 g/mol. The zero-order valence-corrected chi connectivity index (χ0v) is 9.74. The Kier molecular flexibility index (Phi) is 4.34. The van der Waals surface area contributed by atoms with Crippen LogP contribution in [-0.2, 0) is 9.53 Å². The van der Waals surface area contributed by atoms with Crippen LogP contribution in [0.5, 0.6) is 0 Å². The van der Waals surface area contributed by atoms with Gasteiger partial charge in [-0.1, -0.05) is 6.92 Å². The first-order valence-corrected chi connectivity index (χ1v) is 4.78. The maximum Gasteiger partial charge on any atom is 0.437 e. The first kappa shape index (κ1) is 17.0. The number of ether oxygens (including phenoxy) is 1. The van der Waals surface area contributed by atoms with E-state index >= 15 is 0 Å². The number of hydrogen-bond donors (Lipinski definition) is 1. The predicted octanol–water partition coefficient (Wildman–Crippen LogP) is 2.57. The quantitative estimate of drug-likeness (QED) is 0.639. The molecule has 9 heteroatoms. The van der Waals surface area contributed by atoms with Crippen LogP contribution in [-0.4, -0.2) is 34.6 Å². The molecule has 1 N–H and O–H groups in total. The first-order valence-electron chi connectivity index (χ1n) is 4.78. The molecule has 0 fully saturated rings. The van der Waals surface area contributed by atoms with E-state index in [-0.39, 0.29) is 6.42 Å². The molecule has 0 aromatic carbocycles. The van der Waals surface area contributed by atoms with Crippen LogP contribution in [0.2, 0.25) is 0 Å². The van der Waals surface area contributed by atoms with Crippen molar-refractivity contribution in [2.75, 3.05) is 0 Å². The van der Waals surface area contributed by atoms with E-state index in [2.05, 4.69) is 4.74 Å². The molecule has 0 saturated carbocycles. The summed E-state index contributed by atoms with van der Waals surface area (Å²) >= 11 is 0. The van der Waals surface area contributed by atoms with Gasteiger partial charge in [-0.05, 0) is 20.3 Å². The third-order valence-electron chi connectivity index (χ3n) is 2.34. The van der Waals surface area contributed by atoms with E-state index in [9.17, 15) is 31.1 Å². The van der Waals surface area contributed by atoms with Crippen LogP contribution in [0, 0.1) is 0 Å². The third-order valence-corrected chi connectivity index (χ3v) is 2.34. The van der Waals surface area contributed by atoms with E-state index < -0.39 is 29.5 Å². The SMILES string of the molecule is CCC(C)(C)OC(=O)C(O)(C(F)(F)F)C(F)(F)F. The van der Waals surface area contributed by atoms with Crippen molar-refractivity contribution >= 4 is 5.97 Å². The van der Waals surface area contributed by atoms with Gasteiger partial charge in [0.15, 0.2) is 0 Å². The van der Waals surface area contributed by atoms with Gasteiger partial charge in [-0.15, -0.1) is 0 Å². The van der Waals surface area contributed by atoms with Crippen molar-refractivity contribution in [2.24, 2.45) is 0 Å². The van der Waals surface area contributed by atoms with Crippen molar-refractivity contribution in [1.82, 2.24) is 0 Å². The van der Waals surface area contributed by atoms with Crippen molar-refractivity contribution in [1.29, 1.82) is 0 Å². The number of aliphatic hydroxyl groups is 1. The van der Waals surface area contributed by atoms with Crippen LogP contribution in [0.25, 0.3) is 0 Å². The Bertz CT molecular complexity index is 303. The summed E-state index contributed by atoms with van der Waals surface area (Å²) in [4.78, 5) is 11.0. The first-order chi connectivity index (χ1) is 7.69. The molecule has 0 aromatic rings. The predicted molar refractivity (Wildman–Crippen MR) is 47.5 cm³/mol. The van der Waals surface area contributed by atoms with Crippen LogP contribution in [0.1, 0.15) is 27.2 Å². The van der Waals surface area contributed by atoms with Crippen LogP contribution < -0.4 is 0 Å². The van der Waals surface area contributed by atoms with Crippen molar-refractivity contribution in [3.63, 3.8) is 0 Å². The minimum Gasteiger partial charge on any atom is -0.457 e. The van der Waals surface area contributed by atoms with E-state index in [0.29, 0.717) is 0 Å².